The third kappa shape index (κ3) is 2.62. The molecule has 0 spiro atoms. The van der Waals surface area contributed by atoms with Crippen molar-refractivity contribution < 1.29 is 0 Å². The van der Waals surface area contributed by atoms with E-state index in [0.717, 1.165) is 31.1 Å². The third-order valence-electron chi connectivity index (χ3n) is 2.99. The Kier molecular flexibility index (Phi) is 3.61. The fourth-order valence-electron chi connectivity index (χ4n) is 2.14. The van der Waals surface area contributed by atoms with E-state index >= 15 is 0 Å². The van der Waals surface area contributed by atoms with Crippen LogP contribution in [0.1, 0.15) is 18.5 Å². The van der Waals surface area contributed by atoms with Crippen molar-refractivity contribution in [2.75, 3.05) is 24.5 Å². The molecule has 4 nitrogen and oxygen atoms in total. The average Bonchev–Trinajstić information content (AvgIpc) is 2.28. The van der Waals surface area contributed by atoms with Crippen LogP contribution in [0, 0.1) is 12.8 Å². The van der Waals surface area contributed by atoms with E-state index in [9.17, 15) is 0 Å². The smallest absolute Gasteiger partial charge is 0.224 e. The maximum absolute atomic E-state index is 5.87. The summed E-state index contributed by atoms with van der Waals surface area (Å²) in [6, 6.07) is 1.98. The predicted molar refractivity (Wildman–Crippen MR) is 65.8 cm³/mol. The summed E-state index contributed by atoms with van der Waals surface area (Å²) in [5, 5.41) is 0.324. The van der Waals surface area contributed by atoms with Crippen LogP contribution in [0.2, 0.25) is 5.28 Å². The highest BCUT2D eigenvalue weighted by molar-refractivity contribution is 6.28. The van der Waals surface area contributed by atoms with Crippen LogP contribution in [0.5, 0.6) is 0 Å². The molecule has 2 N–H and O–H groups in total. The number of aromatic nitrogens is 2. The number of piperidine rings is 1. The maximum atomic E-state index is 5.87. The van der Waals surface area contributed by atoms with Gasteiger partial charge in [-0.05, 0) is 43.8 Å². The van der Waals surface area contributed by atoms with Gasteiger partial charge in [-0.1, -0.05) is 0 Å². The van der Waals surface area contributed by atoms with Gasteiger partial charge >= 0.3 is 0 Å². The van der Waals surface area contributed by atoms with Crippen LogP contribution in [0.4, 0.5) is 5.82 Å². The first-order chi connectivity index (χ1) is 7.69. The van der Waals surface area contributed by atoms with Gasteiger partial charge in [0.1, 0.15) is 5.82 Å². The molecule has 0 unspecified atom stereocenters. The zero-order valence-corrected chi connectivity index (χ0v) is 10.2. The van der Waals surface area contributed by atoms with Gasteiger partial charge in [-0.3, -0.25) is 0 Å². The SMILES string of the molecule is Cc1cc(N2CCC[C@@H](CN)C2)nc(Cl)n1. The van der Waals surface area contributed by atoms with E-state index in [1.165, 1.54) is 12.8 Å². The van der Waals surface area contributed by atoms with Gasteiger partial charge in [-0.15, -0.1) is 0 Å². The van der Waals surface area contributed by atoms with E-state index in [-0.39, 0.29) is 0 Å². The average molecular weight is 241 g/mol. The topological polar surface area (TPSA) is 55.0 Å². The molecule has 0 aliphatic carbocycles. The lowest BCUT2D eigenvalue weighted by atomic mass is 9.98. The molecule has 0 radical (unpaired) electrons. The van der Waals surface area contributed by atoms with Crippen LogP contribution < -0.4 is 10.6 Å². The lowest BCUT2D eigenvalue weighted by molar-refractivity contribution is 0.421. The number of aryl methyl sites for hydroxylation is 1. The van der Waals surface area contributed by atoms with Gasteiger partial charge in [0.15, 0.2) is 0 Å². The standard InChI is InChI=1S/C11H17ClN4/c1-8-5-10(15-11(12)14-8)16-4-2-3-9(6-13)7-16/h5,9H,2-4,6-7,13H2,1H3/t9-/m0/s1. The Labute approximate surface area is 101 Å². The summed E-state index contributed by atoms with van der Waals surface area (Å²) < 4.78 is 0. The van der Waals surface area contributed by atoms with Crippen molar-refractivity contribution in [3.05, 3.63) is 17.0 Å². The molecular weight excluding hydrogens is 224 g/mol. The van der Waals surface area contributed by atoms with Gasteiger partial charge in [0.05, 0.1) is 0 Å². The Bertz CT molecular complexity index is 349. The van der Waals surface area contributed by atoms with Crippen molar-refractivity contribution in [2.45, 2.75) is 19.8 Å². The van der Waals surface area contributed by atoms with E-state index in [2.05, 4.69) is 14.9 Å². The highest BCUT2D eigenvalue weighted by Gasteiger charge is 2.20. The summed E-state index contributed by atoms with van der Waals surface area (Å²) in [6.07, 6.45) is 2.38. The summed E-state index contributed by atoms with van der Waals surface area (Å²) >= 11 is 5.87. The molecule has 1 fully saturated rings. The number of anilines is 1. The van der Waals surface area contributed by atoms with Gasteiger partial charge in [-0.25, -0.2) is 9.97 Å². The van der Waals surface area contributed by atoms with Gasteiger partial charge < -0.3 is 10.6 Å². The Morgan fingerprint density at radius 3 is 3.06 bits per heavy atom. The van der Waals surface area contributed by atoms with Gasteiger partial charge in [0, 0.05) is 24.8 Å². The molecule has 5 heteroatoms. The molecule has 0 aromatic carbocycles. The summed E-state index contributed by atoms with van der Waals surface area (Å²) in [5.74, 6) is 1.50. The molecule has 2 heterocycles. The maximum Gasteiger partial charge on any atom is 0.224 e. The highest BCUT2D eigenvalue weighted by atomic mass is 35.5. The van der Waals surface area contributed by atoms with Crippen LogP contribution in [0.25, 0.3) is 0 Å². The number of nitrogens with two attached hydrogens (primary N) is 1. The minimum absolute atomic E-state index is 0.324. The second-order valence-corrected chi connectivity index (χ2v) is 4.66. The molecule has 88 valence electrons. The van der Waals surface area contributed by atoms with Crippen LogP contribution in [0.15, 0.2) is 6.07 Å². The lowest BCUT2D eigenvalue weighted by Gasteiger charge is -2.33. The van der Waals surface area contributed by atoms with E-state index in [1.54, 1.807) is 0 Å². The monoisotopic (exact) mass is 240 g/mol. The van der Waals surface area contributed by atoms with Gasteiger partial charge in [0.25, 0.3) is 0 Å². The lowest BCUT2D eigenvalue weighted by Crippen LogP contribution is -2.38. The number of nitrogens with zero attached hydrogens (tertiary/aromatic N) is 3. The predicted octanol–water partition coefficient (Wildman–Crippen LogP) is 1.61. The second-order valence-electron chi connectivity index (χ2n) is 4.33. The van der Waals surface area contributed by atoms with Crippen LogP contribution in [-0.2, 0) is 0 Å². The van der Waals surface area contributed by atoms with E-state index in [0.29, 0.717) is 11.2 Å². The molecule has 1 aliphatic rings. The molecule has 0 amide bonds. The molecule has 1 atom stereocenters. The highest BCUT2D eigenvalue weighted by Crippen LogP contribution is 2.22. The normalized spacial score (nSPS) is 21.2. The van der Waals surface area contributed by atoms with Crippen molar-refractivity contribution in [3.63, 3.8) is 0 Å². The fourth-order valence-corrected chi connectivity index (χ4v) is 2.36. The number of hydrogen-bond donors (Lipinski definition) is 1. The summed E-state index contributed by atoms with van der Waals surface area (Å²) in [5.41, 5.74) is 6.63. The number of hydrogen-bond acceptors (Lipinski definition) is 4. The largest absolute Gasteiger partial charge is 0.356 e. The molecule has 0 saturated carbocycles. The first-order valence-electron chi connectivity index (χ1n) is 5.65. The molecule has 16 heavy (non-hydrogen) atoms. The molecule has 1 saturated heterocycles. The Morgan fingerprint density at radius 1 is 1.56 bits per heavy atom. The summed E-state index contributed by atoms with van der Waals surface area (Å²) in [4.78, 5) is 10.6. The third-order valence-corrected chi connectivity index (χ3v) is 3.16. The van der Waals surface area contributed by atoms with E-state index in [1.807, 2.05) is 13.0 Å². The van der Waals surface area contributed by atoms with E-state index in [4.69, 9.17) is 17.3 Å². The van der Waals surface area contributed by atoms with Gasteiger partial charge in [-0.2, -0.15) is 0 Å². The Balaban J connectivity index is 2.16. The number of halogens is 1. The van der Waals surface area contributed by atoms with Crippen LogP contribution in [-0.4, -0.2) is 29.6 Å². The fraction of sp³-hybridized carbons (Fsp3) is 0.636. The zero-order chi connectivity index (χ0) is 11.5. The summed E-state index contributed by atoms with van der Waals surface area (Å²) in [6.45, 7) is 4.68. The second kappa shape index (κ2) is 4.97. The minimum Gasteiger partial charge on any atom is -0.356 e. The minimum atomic E-state index is 0.324. The first-order valence-corrected chi connectivity index (χ1v) is 6.03. The molecule has 2 rings (SSSR count). The molecular formula is C11H17ClN4. The molecule has 1 aliphatic heterocycles. The molecule has 0 bridgehead atoms. The van der Waals surface area contributed by atoms with Gasteiger partial charge in [0.2, 0.25) is 5.28 Å². The van der Waals surface area contributed by atoms with Crippen molar-refractivity contribution in [1.82, 2.24) is 9.97 Å². The Morgan fingerprint density at radius 2 is 2.38 bits per heavy atom. The van der Waals surface area contributed by atoms with Crippen molar-refractivity contribution in [1.29, 1.82) is 0 Å². The van der Waals surface area contributed by atoms with Crippen molar-refractivity contribution in [3.8, 4) is 0 Å². The number of rotatable bonds is 2. The van der Waals surface area contributed by atoms with Crippen LogP contribution >= 0.6 is 11.6 Å². The zero-order valence-electron chi connectivity index (χ0n) is 9.49. The molecule has 1 aromatic rings. The van der Waals surface area contributed by atoms with Crippen molar-refractivity contribution >= 4 is 17.4 Å². The van der Waals surface area contributed by atoms with Crippen molar-refractivity contribution in [2.24, 2.45) is 11.7 Å². The summed E-state index contributed by atoms with van der Waals surface area (Å²) in [7, 11) is 0. The first kappa shape index (κ1) is 11.6. The Hall–Kier alpha value is -0.870. The molecule has 1 aromatic heterocycles. The van der Waals surface area contributed by atoms with E-state index < -0.39 is 0 Å². The van der Waals surface area contributed by atoms with Crippen LogP contribution in [0.3, 0.4) is 0 Å². The quantitative estimate of drug-likeness (QED) is 0.799.